The first-order valence-electron chi connectivity index (χ1n) is 7.07. The van der Waals surface area contributed by atoms with Gasteiger partial charge in [0.25, 0.3) is 0 Å². The zero-order valence-electron chi connectivity index (χ0n) is 12.7. The van der Waals surface area contributed by atoms with Gasteiger partial charge in [-0.3, -0.25) is 4.90 Å². The van der Waals surface area contributed by atoms with E-state index in [1.165, 1.54) is 0 Å². The Hall–Kier alpha value is -1.01. The van der Waals surface area contributed by atoms with Crippen LogP contribution in [0.1, 0.15) is 18.0 Å². The summed E-state index contributed by atoms with van der Waals surface area (Å²) in [5.74, 6) is 1.61. The van der Waals surface area contributed by atoms with Gasteiger partial charge >= 0.3 is 0 Å². The number of hydrogen-bond donors (Lipinski definition) is 2. The van der Waals surface area contributed by atoms with Gasteiger partial charge in [0.2, 0.25) is 0 Å². The van der Waals surface area contributed by atoms with Crippen LogP contribution in [-0.2, 0) is 0 Å². The number of aliphatic hydroxyl groups excluding tert-OH is 1. The van der Waals surface area contributed by atoms with Gasteiger partial charge in [0, 0.05) is 50.5 Å². The largest absolute Gasteiger partial charge is 0.497 e. The predicted octanol–water partition coefficient (Wildman–Crippen LogP) is 1.45. The van der Waals surface area contributed by atoms with Gasteiger partial charge in [-0.05, 0) is 12.5 Å². The molecule has 1 aliphatic heterocycles. The van der Waals surface area contributed by atoms with Gasteiger partial charge in [0.15, 0.2) is 0 Å². The summed E-state index contributed by atoms with van der Waals surface area (Å²) < 4.78 is 10.7. The first-order valence-corrected chi connectivity index (χ1v) is 7.07. The Balaban J connectivity index is 0.00000220. The Morgan fingerprint density at radius 1 is 1.24 bits per heavy atom. The van der Waals surface area contributed by atoms with E-state index in [4.69, 9.17) is 9.47 Å². The number of piperazine rings is 1. The third-order valence-electron chi connectivity index (χ3n) is 3.79. The third-order valence-corrected chi connectivity index (χ3v) is 3.79. The van der Waals surface area contributed by atoms with Crippen LogP contribution in [0.5, 0.6) is 11.5 Å². The molecule has 120 valence electrons. The van der Waals surface area contributed by atoms with Crippen LogP contribution >= 0.6 is 12.4 Å². The van der Waals surface area contributed by atoms with Gasteiger partial charge in [0.1, 0.15) is 11.5 Å². The van der Waals surface area contributed by atoms with Crippen molar-refractivity contribution < 1.29 is 14.6 Å². The standard InChI is InChI=1S/C15H24N2O3.ClH/c1-19-12-3-4-13(15(11-12)20-2)14(5-10-18)17-8-6-16-7-9-17;/h3-4,11,14,16,18H,5-10H2,1-2H3;1H/t14-;/m1./s1. The monoisotopic (exact) mass is 316 g/mol. The fourth-order valence-corrected chi connectivity index (χ4v) is 2.74. The lowest BCUT2D eigenvalue weighted by Crippen LogP contribution is -2.45. The van der Waals surface area contributed by atoms with Crippen LogP contribution in [0.3, 0.4) is 0 Å². The molecule has 1 fully saturated rings. The summed E-state index contributed by atoms with van der Waals surface area (Å²) in [6.07, 6.45) is 0.711. The molecule has 1 aliphatic rings. The van der Waals surface area contributed by atoms with Crippen molar-refractivity contribution in [2.24, 2.45) is 0 Å². The summed E-state index contributed by atoms with van der Waals surface area (Å²) in [5, 5.41) is 12.7. The molecular formula is C15H25ClN2O3. The summed E-state index contributed by atoms with van der Waals surface area (Å²) in [6.45, 7) is 4.12. The van der Waals surface area contributed by atoms with Crippen molar-refractivity contribution in [2.75, 3.05) is 47.0 Å². The van der Waals surface area contributed by atoms with Crippen LogP contribution in [-0.4, -0.2) is 57.0 Å². The maximum Gasteiger partial charge on any atom is 0.127 e. The van der Waals surface area contributed by atoms with Gasteiger partial charge in [-0.2, -0.15) is 0 Å². The average Bonchev–Trinajstić information content (AvgIpc) is 2.53. The zero-order chi connectivity index (χ0) is 14.4. The molecule has 1 saturated heterocycles. The first kappa shape index (κ1) is 18.0. The molecule has 2 rings (SSSR count). The number of nitrogens with zero attached hydrogens (tertiary/aromatic N) is 1. The Kier molecular flexibility index (Phi) is 7.82. The Morgan fingerprint density at radius 2 is 1.95 bits per heavy atom. The molecule has 0 bridgehead atoms. The molecular weight excluding hydrogens is 292 g/mol. The molecule has 2 N–H and O–H groups in total. The molecule has 0 aliphatic carbocycles. The molecule has 1 heterocycles. The Morgan fingerprint density at radius 3 is 2.52 bits per heavy atom. The van der Waals surface area contributed by atoms with E-state index in [9.17, 15) is 5.11 Å². The van der Waals surface area contributed by atoms with E-state index in [1.807, 2.05) is 18.2 Å². The predicted molar refractivity (Wildman–Crippen MR) is 85.7 cm³/mol. The van der Waals surface area contributed by atoms with E-state index in [2.05, 4.69) is 10.2 Å². The van der Waals surface area contributed by atoms with E-state index in [1.54, 1.807) is 14.2 Å². The van der Waals surface area contributed by atoms with Crippen molar-refractivity contribution in [3.63, 3.8) is 0 Å². The van der Waals surface area contributed by atoms with Crippen LogP contribution in [0.4, 0.5) is 0 Å². The number of methoxy groups -OCH3 is 2. The van der Waals surface area contributed by atoms with E-state index >= 15 is 0 Å². The molecule has 5 nitrogen and oxygen atoms in total. The second-order valence-corrected chi connectivity index (χ2v) is 4.92. The van der Waals surface area contributed by atoms with E-state index in [0.29, 0.717) is 6.42 Å². The van der Waals surface area contributed by atoms with Crippen LogP contribution in [0.25, 0.3) is 0 Å². The fraction of sp³-hybridized carbons (Fsp3) is 0.600. The Bertz CT molecular complexity index is 425. The maximum atomic E-state index is 9.39. The molecule has 1 aromatic rings. The first-order chi connectivity index (χ1) is 9.80. The second-order valence-electron chi connectivity index (χ2n) is 4.92. The van der Waals surface area contributed by atoms with Gasteiger partial charge in [0.05, 0.1) is 14.2 Å². The number of ether oxygens (including phenoxy) is 2. The fourth-order valence-electron chi connectivity index (χ4n) is 2.74. The minimum Gasteiger partial charge on any atom is -0.497 e. The minimum absolute atomic E-state index is 0. The van der Waals surface area contributed by atoms with Crippen molar-refractivity contribution >= 4 is 12.4 Å². The summed E-state index contributed by atoms with van der Waals surface area (Å²) in [5.41, 5.74) is 1.12. The molecule has 0 radical (unpaired) electrons. The molecule has 0 spiro atoms. The van der Waals surface area contributed by atoms with Crippen molar-refractivity contribution in [2.45, 2.75) is 12.5 Å². The van der Waals surface area contributed by atoms with Crippen LogP contribution < -0.4 is 14.8 Å². The van der Waals surface area contributed by atoms with Crippen molar-refractivity contribution in [3.05, 3.63) is 23.8 Å². The number of benzene rings is 1. The molecule has 0 aromatic heterocycles. The summed E-state index contributed by atoms with van der Waals surface area (Å²) >= 11 is 0. The average molecular weight is 317 g/mol. The van der Waals surface area contributed by atoms with Crippen LogP contribution in [0.2, 0.25) is 0 Å². The smallest absolute Gasteiger partial charge is 0.127 e. The summed E-state index contributed by atoms with van der Waals surface area (Å²) in [6, 6.07) is 6.08. The zero-order valence-corrected chi connectivity index (χ0v) is 13.5. The summed E-state index contributed by atoms with van der Waals surface area (Å²) in [4.78, 5) is 2.40. The topological polar surface area (TPSA) is 54.0 Å². The second kappa shape index (κ2) is 9.10. The lowest BCUT2D eigenvalue weighted by molar-refractivity contribution is 0.139. The highest BCUT2D eigenvalue weighted by Gasteiger charge is 2.24. The minimum atomic E-state index is 0. The number of rotatable bonds is 6. The highest BCUT2D eigenvalue weighted by molar-refractivity contribution is 5.85. The van der Waals surface area contributed by atoms with E-state index in [-0.39, 0.29) is 25.1 Å². The summed E-state index contributed by atoms with van der Waals surface area (Å²) in [7, 11) is 3.32. The van der Waals surface area contributed by atoms with E-state index in [0.717, 1.165) is 43.2 Å². The molecule has 0 amide bonds. The van der Waals surface area contributed by atoms with Crippen LogP contribution in [0.15, 0.2) is 18.2 Å². The van der Waals surface area contributed by atoms with Gasteiger partial charge < -0.3 is 19.9 Å². The van der Waals surface area contributed by atoms with Gasteiger partial charge in [-0.25, -0.2) is 0 Å². The molecule has 21 heavy (non-hydrogen) atoms. The van der Waals surface area contributed by atoms with Crippen molar-refractivity contribution in [1.29, 1.82) is 0 Å². The third kappa shape index (κ3) is 4.48. The highest BCUT2D eigenvalue weighted by Crippen LogP contribution is 2.34. The van der Waals surface area contributed by atoms with Gasteiger partial charge in [-0.15, -0.1) is 12.4 Å². The maximum absolute atomic E-state index is 9.39. The molecule has 6 heteroatoms. The molecule has 1 aromatic carbocycles. The SMILES string of the molecule is COc1ccc([C@@H](CCO)N2CCNCC2)c(OC)c1.Cl. The molecule has 0 unspecified atom stereocenters. The lowest BCUT2D eigenvalue weighted by Gasteiger charge is -2.35. The number of nitrogens with one attached hydrogen (secondary N) is 1. The van der Waals surface area contributed by atoms with Gasteiger partial charge in [-0.1, -0.05) is 6.07 Å². The highest BCUT2D eigenvalue weighted by atomic mass is 35.5. The number of halogens is 1. The number of hydrogen-bond acceptors (Lipinski definition) is 5. The quantitative estimate of drug-likeness (QED) is 0.832. The normalized spacial score (nSPS) is 16.9. The van der Waals surface area contributed by atoms with Crippen molar-refractivity contribution in [3.8, 4) is 11.5 Å². The molecule has 0 saturated carbocycles. The lowest BCUT2D eigenvalue weighted by atomic mass is 10.00. The Labute approximate surface area is 132 Å². The number of aliphatic hydroxyl groups is 1. The van der Waals surface area contributed by atoms with E-state index < -0.39 is 0 Å². The molecule has 1 atom stereocenters. The van der Waals surface area contributed by atoms with Crippen molar-refractivity contribution in [1.82, 2.24) is 10.2 Å². The van der Waals surface area contributed by atoms with Crippen LogP contribution in [0, 0.1) is 0 Å².